The van der Waals surface area contributed by atoms with Crippen LogP contribution in [0.4, 0.5) is 0 Å². The lowest BCUT2D eigenvalue weighted by atomic mass is 9.52. The van der Waals surface area contributed by atoms with E-state index in [1.54, 1.807) is 0 Å². The number of carbonyl (C=O) groups excluding carboxylic acids is 1. The molecule has 0 saturated heterocycles. The lowest BCUT2D eigenvalue weighted by Gasteiger charge is -2.51. The number of hydrogen-bond donors (Lipinski definition) is 0. The van der Waals surface area contributed by atoms with E-state index < -0.39 is 0 Å². The fraction of sp³-hybridized carbons (Fsp3) is 0.941. The van der Waals surface area contributed by atoms with Crippen LogP contribution in [-0.4, -0.2) is 5.78 Å². The van der Waals surface area contributed by atoms with E-state index in [-0.39, 0.29) is 5.41 Å². The van der Waals surface area contributed by atoms with E-state index in [1.165, 1.54) is 77.0 Å². The van der Waals surface area contributed by atoms with Gasteiger partial charge >= 0.3 is 0 Å². The highest BCUT2D eigenvalue weighted by Gasteiger charge is 2.69. The van der Waals surface area contributed by atoms with E-state index in [2.05, 4.69) is 0 Å². The SMILES string of the molecule is O=C1CC[C@@]2(CCCC23CCCC3)C12CCCC2. The predicted octanol–water partition coefficient (Wildman–Crippen LogP) is 4.64. The smallest absolute Gasteiger partial charge is 0.139 e. The quantitative estimate of drug-likeness (QED) is 0.608. The van der Waals surface area contributed by atoms with Gasteiger partial charge in [-0.05, 0) is 55.8 Å². The first kappa shape index (κ1) is 11.5. The molecule has 0 N–H and O–H groups in total. The lowest BCUT2D eigenvalue weighted by molar-refractivity contribution is -0.135. The average molecular weight is 246 g/mol. The monoisotopic (exact) mass is 246 g/mol. The average Bonchev–Trinajstić information content (AvgIpc) is 3.11. The van der Waals surface area contributed by atoms with Gasteiger partial charge in [0.25, 0.3) is 0 Å². The highest BCUT2D eigenvalue weighted by atomic mass is 16.1. The third-order valence-corrected chi connectivity index (χ3v) is 7.52. The zero-order valence-corrected chi connectivity index (χ0v) is 11.6. The van der Waals surface area contributed by atoms with Crippen LogP contribution in [-0.2, 0) is 4.79 Å². The van der Waals surface area contributed by atoms with Crippen LogP contribution in [0.3, 0.4) is 0 Å². The van der Waals surface area contributed by atoms with Crippen LogP contribution >= 0.6 is 0 Å². The van der Waals surface area contributed by atoms with E-state index in [4.69, 9.17) is 0 Å². The van der Waals surface area contributed by atoms with Crippen LogP contribution in [0, 0.1) is 16.2 Å². The van der Waals surface area contributed by atoms with E-state index in [0.717, 1.165) is 6.42 Å². The lowest BCUT2D eigenvalue weighted by Crippen LogP contribution is -2.47. The number of hydrogen-bond acceptors (Lipinski definition) is 1. The maximum atomic E-state index is 12.7. The summed E-state index contributed by atoms with van der Waals surface area (Å²) in [7, 11) is 0. The molecule has 4 aliphatic rings. The van der Waals surface area contributed by atoms with Gasteiger partial charge in [0, 0.05) is 11.8 Å². The second kappa shape index (κ2) is 3.61. The minimum absolute atomic E-state index is 0.161. The van der Waals surface area contributed by atoms with E-state index in [1.807, 2.05) is 0 Å². The third-order valence-electron chi connectivity index (χ3n) is 7.52. The molecule has 0 radical (unpaired) electrons. The van der Waals surface area contributed by atoms with E-state index in [9.17, 15) is 4.79 Å². The molecule has 0 aromatic carbocycles. The van der Waals surface area contributed by atoms with Crippen molar-refractivity contribution in [3.05, 3.63) is 0 Å². The number of rotatable bonds is 0. The van der Waals surface area contributed by atoms with Crippen LogP contribution < -0.4 is 0 Å². The number of fused-ring (bicyclic) bond motifs is 2. The standard InChI is InChI=1S/C17H26O/c18-14-6-13-17(16(14)10-3-4-11-16)12-5-9-15(17)7-1-2-8-15/h1-13H2/t17-/m1/s1. The molecule has 1 atom stereocenters. The predicted molar refractivity (Wildman–Crippen MR) is 72.3 cm³/mol. The Morgan fingerprint density at radius 1 is 0.667 bits per heavy atom. The minimum Gasteiger partial charge on any atom is -0.299 e. The Hall–Kier alpha value is -0.330. The van der Waals surface area contributed by atoms with Crippen LogP contribution in [0.5, 0.6) is 0 Å². The molecule has 4 rings (SSSR count). The minimum atomic E-state index is 0.161. The first-order valence-electron chi connectivity index (χ1n) is 8.28. The normalized spacial score (nSPS) is 40.8. The van der Waals surface area contributed by atoms with Crippen molar-refractivity contribution in [1.82, 2.24) is 0 Å². The van der Waals surface area contributed by atoms with Gasteiger partial charge in [-0.3, -0.25) is 4.79 Å². The Morgan fingerprint density at radius 3 is 2.00 bits per heavy atom. The fourth-order valence-electron chi connectivity index (χ4n) is 6.96. The maximum Gasteiger partial charge on any atom is 0.139 e. The van der Waals surface area contributed by atoms with Gasteiger partial charge in [0.15, 0.2) is 0 Å². The van der Waals surface area contributed by atoms with Gasteiger partial charge in [0.05, 0.1) is 0 Å². The molecule has 0 amide bonds. The zero-order chi connectivity index (χ0) is 12.3. The molecule has 0 aliphatic heterocycles. The van der Waals surface area contributed by atoms with Crippen LogP contribution in [0.1, 0.15) is 83.5 Å². The first-order chi connectivity index (χ1) is 8.75. The summed E-state index contributed by atoms with van der Waals surface area (Å²) in [4.78, 5) is 12.7. The molecule has 1 nitrogen and oxygen atoms in total. The van der Waals surface area contributed by atoms with Crippen molar-refractivity contribution in [2.24, 2.45) is 16.2 Å². The third kappa shape index (κ3) is 1.09. The largest absolute Gasteiger partial charge is 0.299 e. The molecule has 0 aromatic rings. The van der Waals surface area contributed by atoms with Gasteiger partial charge in [0.1, 0.15) is 5.78 Å². The maximum absolute atomic E-state index is 12.7. The molecule has 0 aromatic heterocycles. The van der Waals surface area contributed by atoms with Gasteiger partial charge < -0.3 is 0 Å². The molecule has 4 aliphatic carbocycles. The Balaban J connectivity index is 1.83. The number of ketones is 1. The van der Waals surface area contributed by atoms with Crippen LogP contribution in [0.2, 0.25) is 0 Å². The van der Waals surface area contributed by atoms with E-state index in [0.29, 0.717) is 16.6 Å². The summed E-state index contributed by atoms with van der Waals surface area (Å²) in [6.07, 6.45) is 17.3. The number of carbonyl (C=O) groups is 1. The molecular formula is C17H26O. The number of Topliss-reactive ketones (excluding diaryl/α,β-unsaturated/α-hetero) is 1. The molecule has 4 fully saturated rings. The van der Waals surface area contributed by atoms with E-state index >= 15 is 0 Å². The van der Waals surface area contributed by atoms with Crippen LogP contribution in [0.15, 0.2) is 0 Å². The highest BCUT2D eigenvalue weighted by molar-refractivity contribution is 5.89. The fourth-order valence-corrected chi connectivity index (χ4v) is 6.96. The first-order valence-corrected chi connectivity index (χ1v) is 8.28. The molecule has 0 unspecified atom stereocenters. The Kier molecular flexibility index (Phi) is 2.31. The van der Waals surface area contributed by atoms with Crippen molar-refractivity contribution in [2.75, 3.05) is 0 Å². The van der Waals surface area contributed by atoms with Crippen molar-refractivity contribution in [2.45, 2.75) is 83.5 Å². The summed E-state index contributed by atoms with van der Waals surface area (Å²) in [6.45, 7) is 0. The van der Waals surface area contributed by atoms with Crippen molar-refractivity contribution < 1.29 is 4.79 Å². The zero-order valence-electron chi connectivity index (χ0n) is 11.6. The molecule has 4 saturated carbocycles. The molecule has 18 heavy (non-hydrogen) atoms. The van der Waals surface area contributed by atoms with Crippen molar-refractivity contribution in [3.63, 3.8) is 0 Å². The second-order valence-corrected chi connectivity index (χ2v) is 7.64. The van der Waals surface area contributed by atoms with Gasteiger partial charge in [-0.1, -0.05) is 32.1 Å². The summed E-state index contributed by atoms with van der Waals surface area (Å²) in [5, 5.41) is 0. The Labute approximate surface area is 111 Å². The summed E-state index contributed by atoms with van der Waals surface area (Å²) in [5.41, 5.74) is 1.22. The topological polar surface area (TPSA) is 17.1 Å². The van der Waals surface area contributed by atoms with Gasteiger partial charge in [-0.25, -0.2) is 0 Å². The summed E-state index contributed by atoms with van der Waals surface area (Å²) in [6, 6.07) is 0. The summed E-state index contributed by atoms with van der Waals surface area (Å²) >= 11 is 0. The Bertz CT molecular complexity index is 366. The van der Waals surface area contributed by atoms with Crippen molar-refractivity contribution >= 4 is 5.78 Å². The molecule has 100 valence electrons. The second-order valence-electron chi connectivity index (χ2n) is 7.64. The Morgan fingerprint density at radius 2 is 1.28 bits per heavy atom. The molecule has 1 heteroatoms. The summed E-state index contributed by atoms with van der Waals surface area (Å²) in [5.74, 6) is 0.674. The van der Waals surface area contributed by atoms with Crippen molar-refractivity contribution in [3.8, 4) is 0 Å². The van der Waals surface area contributed by atoms with Gasteiger partial charge in [-0.15, -0.1) is 0 Å². The molecule has 3 spiro atoms. The molecule has 0 bridgehead atoms. The van der Waals surface area contributed by atoms with Crippen LogP contribution in [0.25, 0.3) is 0 Å². The molecule has 0 heterocycles. The van der Waals surface area contributed by atoms with Gasteiger partial charge in [-0.2, -0.15) is 0 Å². The van der Waals surface area contributed by atoms with Gasteiger partial charge in [0.2, 0.25) is 0 Å². The van der Waals surface area contributed by atoms with Crippen molar-refractivity contribution in [1.29, 1.82) is 0 Å². The highest BCUT2D eigenvalue weighted by Crippen LogP contribution is 2.75. The molecular weight excluding hydrogens is 220 g/mol. The summed E-state index contributed by atoms with van der Waals surface area (Å²) < 4.78 is 0.